The molecule has 136 valence electrons. The van der Waals surface area contributed by atoms with E-state index in [0.29, 0.717) is 25.3 Å². The Morgan fingerprint density at radius 2 is 2.04 bits per heavy atom. The number of pyridine rings is 1. The summed E-state index contributed by atoms with van der Waals surface area (Å²) in [6, 6.07) is 3.03. The number of hydrogen-bond acceptors (Lipinski definition) is 4. The van der Waals surface area contributed by atoms with Gasteiger partial charge in [0, 0.05) is 31.2 Å². The minimum absolute atomic E-state index is 0.0136. The molecule has 1 unspecified atom stereocenters. The number of rotatable bonds is 4. The van der Waals surface area contributed by atoms with Gasteiger partial charge in [-0.1, -0.05) is 20.8 Å². The normalized spacial score (nSPS) is 17.9. The van der Waals surface area contributed by atoms with Gasteiger partial charge in [-0.2, -0.15) is 0 Å². The smallest absolute Gasteiger partial charge is 0.272 e. The van der Waals surface area contributed by atoms with Crippen LogP contribution in [-0.2, 0) is 4.79 Å². The summed E-state index contributed by atoms with van der Waals surface area (Å²) in [5.41, 5.74) is 5.33. The van der Waals surface area contributed by atoms with Gasteiger partial charge in [-0.15, -0.1) is 0 Å². The molecule has 0 saturated carbocycles. The number of aromatic nitrogens is 1. The maximum Gasteiger partial charge on any atom is 0.272 e. The van der Waals surface area contributed by atoms with E-state index in [-0.39, 0.29) is 23.3 Å². The van der Waals surface area contributed by atoms with Gasteiger partial charge in [0.1, 0.15) is 5.69 Å². The first-order valence-corrected chi connectivity index (χ1v) is 8.52. The third-order valence-electron chi connectivity index (χ3n) is 4.31. The lowest BCUT2D eigenvalue weighted by atomic mass is 9.94. The van der Waals surface area contributed by atoms with E-state index in [4.69, 9.17) is 5.73 Å². The Hall–Kier alpha value is -2.44. The van der Waals surface area contributed by atoms with Gasteiger partial charge in [0.05, 0.1) is 5.56 Å². The van der Waals surface area contributed by atoms with Crippen molar-refractivity contribution in [1.82, 2.24) is 15.2 Å². The number of hydrogen-bond donors (Lipinski definition) is 2. The quantitative estimate of drug-likeness (QED) is 0.854. The molecule has 1 atom stereocenters. The molecule has 0 aliphatic carbocycles. The second-order valence-corrected chi connectivity index (χ2v) is 7.52. The van der Waals surface area contributed by atoms with Crippen molar-refractivity contribution < 1.29 is 14.4 Å². The highest BCUT2D eigenvalue weighted by Crippen LogP contribution is 2.19. The first kappa shape index (κ1) is 18.9. The molecule has 0 radical (unpaired) electrons. The van der Waals surface area contributed by atoms with Crippen molar-refractivity contribution in [1.29, 1.82) is 0 Å². The molecule has 2 heterocycles. The zero-order chi connectivity index (χ0) is 18.6. The summed E-state index contributed by atoms with van der Waals surface area (Å²) in [6.07, 6.45) is 3.18. The highest BCUT2D eigenvalue weighted by atomic mass is 16.2. The Morgan fingerprint density at radius 1 is 1.32 bits per heavy atom. The van der Waals surface area contributed by atoms with Crippen molar-refractivity contribution in [3.05, 3.63) is 29.6 Å². The molecule has 1 aromatic rings. The third kappa shape index (κ3) is 5.01. The zero-order valence-corrected chi connectivity index (χ0v) is 15.0. The SMILES string of the molecule is CC(C)(C)C(=O)NCC1CCCN(C(=O)c2ccc(C(N)=O)cn2)C1. The van der Waals surface area contributed by atoms with Gasteiger partial charge in [-0.25, -0.2) is 0 Å². The molecule has 1 fully saturated rings. The van der Waals surface area contributed by atoms with E-state index in [1.54, 1.807) is 4.90 Å². The average molecular weight is 346 g/mol. The lowest BCUT2D eigenvalue weighted by molar-refractivity contribution is -0.128. The Labute approximate surface area is 148 Å². The summed E-state index contributed by atoms with van der Waals surface area (Å²) in [7, 11) is 0. The van der Waals surface area contributed by atoms with Crippen molar-refractivity contribution >= 4 is 17.7 Å². The van der Waals surface area contributed by atoms with E-state index < -0.39 is 11.3 Å². The van der Waals surface area contributed by atoms with Crippen LogP contribution in [0.25, 0.3) is 0 Å². The molecule has 25 heavy (non-hydrogen) atoms. The molecule has 1 aromatic heterocycles. The first-order valence-electron chi connectivity index (χ1n) is 8.52. The summed E-state index contributed by atoms with van der Waals surface area (Å²) < 4.78 is 0. The minimum atomic E-state index is -0.570. The van der Waals surface area contributed by atoms with Crippen LogP contribution in [0, 0.1) is 11.3 Å². The summed E-state index contributed by atoms with van der Waals surface area (Å²) in [6.45, 7) is 7.44. The molecule has 7 heteroatoms. The number of piperidine rings is 1. The molecule has 7 nitrogen and oxygen atoms in total. The van der Waals surface area contributed by atoms with Crippen LogP contribution in [0.15, 0.2) is 18.3 Å². The Bertz CT molecular complexity index is 649. The van der Waals surface area contributed by atoms with Crippen LogP contribution in [0.5, 0.6) is 0 Å². The fourth-order valence-corrected chi connectivity index (χ4v) is 2.75. The summed E-state index contributed by atoms with van der Waals surface area (Å²) in [5, 5.41) is 2.97. The van der Waals surface area contributed by atoms with Crippen molar-refractivity contribution in [2.75, 3.05) is 19.6 Å². The van der Waals surface area contributed by atoms with Gasteiger partial charge in [0.25, 0.3) is 5.91 Å². The fourth-order valence-electron chi connectivity index (χ4n) is 2.75. The lowest BCUT2D eigenvalue weighted by Crippen LogP contribution is -2.45. The first-order chi connectivity index (χ1) is 11.7. The molecule has 3 N–H and O–H groups in total. The third-order valence-corrected chi connectivity index (χ3v) is 4.31. The van der Waals surface area contributed by atoms with E-state index in [1.807, 2.05) is 20.8 Å². The number of amides is 3. The van der Waals surface area contributed by atoms with Crippen molar-refractivity contribution in [2.24, 2.45) is 17.1 Å². The highest BCUT2D eigenvalue weighted by Gasteiger charge is 2.27. The zero-order valence-electron chi connectivity index (χ0n) is 15.0. The number of carbonyl (C=O) groups excluding carboxylic acids is 3. The molecule has 0 bridgehead atoms. The number of primary amides is 1. The van der Waals surface area contributed by atoms with Gasteiger partial charge in [-0.3, -0.25) is 19.4 Å². The van der Waals surface area contributed by atoms with Gasteiger partial charge in [0.2, 0.25) is 11.8 Å². The van der Waals surface area contributed by atoms with Crippen LogP contribution in [0.2, 0.25) is 0 Å². The minimum Gasteiger partial charge on any atom is -0.366 e. The van der Waals surface area contributed by atoms with E-state index in [1.165, 1.54) is 18.3 Å². The standard InChI is InChI=1S/C18H26N4O3/c1-18(2,3)17(25)21-9-12-5-4-8-22(11-12)16(24)14-7-6-13(10-20-14)15(19)23/h6-7,10,12H,4-5,8-9,11H2,1-3H3,(H2,19,23)(H,21,25). The van der Waals surface area contributed by atoms with Crippen LogP contribution >= 0.6 is 0 Å². The number of carbonyl (C=O) groups is 3. The largest absolute Gasteiger partial charge is 0.366 e. The average Bonchev–Trinajstić information content (AvgIpc) is 2.58. The monoisotopic (exact) mass is 346 g/mol. The van der Waals surface area contributed by atoms with Crippen LogP contribution < -0.4 is 11.1 Å². The van der Waals surface area contributed by atoms with Gasteiger partial charge < -0.3 is 16.0 Å². The Morgan fingerprint density at radius 3 is 2.60 bits per heavy atom. The highest BCUT2D eigenvalue weighted by molar-refractivity contribution is 5.95. The molecule has 3 amide bonds. The number of nitrogens with two attached hydrogens (primary N) is 1. The molecule has 2 rings (SSSR count). The summed E-state index contributed by atoms with van der Waals surface area (Å²) in [5.74, 6) is -0.490. The van der Waals surface area contributed by atoms with E-state index in [0.717, 1.165) is 12.8 Å². The van der Waals surface area contributed by atoms with Crippen molar-refractivity contribution in [3.8, 4) is 0 Å². The van der Waals surface area contributed by atoms with Crippen LogP contribution in [0.4, 0.5) is 0 Å². The van der Waals surface area contributed by atoms with Gasteiger partial charge in [0.15, 0.2) is 0 Å². The van der Waals surface area contributed by atoms with Gasteiger partial charge >= 0.3 is 0 Å². The predicted molar refractivity (Wildman–Crippen MR) is 93.8 cm³/mol. The van der Waals surface area contributed by atoms with Crippen LogP contribution in [-0.4, -0.2) is 47.2 Å². The summed E-state index contributed by atoms with van der Waals surface area (Å²) >= 11 is 0. The molecule has 0 spiro atoms. The fraction of sp³-hybridized carbons (Fsp3) is 0.556. The Kier molecular flexibility index (Phi) is 5.77. The van der Waals surface area contributed by atoms with E-state index in [9.17, 15) is 14.4 Å². The van der Waals surface area contributed by atoms with E-state index >= 15 is 0 Å². The van der Waals surface area contributed by atoms with Gasteiger partial charge in [-0.05, 0) is 30.9 Å². The topological polar surface area (TPSA) is 105 Å². The van der Waals surface area contributed by atoms with Crippen molar-refractivity contribution in [3.63, 3.8) is 0 Å². The predicted octanol–water partition coefficient (Wildman–Crippen LogP) is 1.20. The molecule has 0 aromatic carbocycles. The van der Waals surface area contributed by atoms with Crippen molar-refractivity contribution in [2.45, 2.75) is 33.6 Å². The molecule has 1 aliphatic rings. The van der Waals surface area contributed by atoms with E-state index in [2.05, 4.69) is 10.3 Å². The molecular weight excluding hydrogens is 320 g/mol. The maximum atomic E-state index is 12.6. The van der Waals surface area contributed by atoms with Crippen LogP contribution in [0.1, 0.15) is 54.5 Å². The maximum absolute atomic E-state index is 12.6. The molecular formula is C18H26N4O3. The summed E-state index contributed by atoms with van der Waals surface area (Å²) in [4.78, 5) is 41.5. The van der Waals surface area contributed by atoms with Crippen LogP contribution in [0.3, 0.4) is 0 Å². The number of likely N-dealkylation sites (tertiary alicyclic amines) is 1. The number of nitrogens with zero attached hydrogens (tertiary/aromatic N) is 2. The number of nitrogens with one attached hydrogen (secondary N) is 1. The lowest BCUT2D eigenvalue weighted by Gasteiger charge is -2.33. The molecule has 1 saturated heterocycles. The second-order valence-electron chi connectivity index (χ2n) is 7.52. The molecule has 1 aliphatic heterocycles. The second kappa shape index (κ2) is 7.63. The Balaban J connectivity index is 1.94.